The molecule has 1 aliphatic rings. The fourth-order valence-electron chi connectivity index (χ4n) is 1.85. The van der Waals surface area contributed by atoms with Crippen LogP contribution in [0.2, 0.25) is 0 Å². The average Bonchev–Trinajstić information content (AvgIpc) is 2.72. The van der Waals surface area contributed by atoms with Gasteiger partial charge in [-0.2, -0.15) is 0 Å². The van der Waals surface area contributed by atoms with Gasteiger partial charge in [0, 0.05) is 25.6 Å². The lowest BCUT2D eigenvalue weighted by Gasteiger charge is -2.10. The molecule has 0 radical (unpaired) electrons. The zero-order chi connectivity index (χ0) is 13.1. The minimum Gasteiger partial charge on any atom is -0.478 e. The highest BCUT2D eigenvalue weighted by molar-refractivity contribution is 5.87. The maximum Gasteiger partial charge on any atom is 0.338 e. The van der Waals surface area contributed by atoms with Crippen molar-refractivity contribution in [2.75, 3.05) is 6.54 Å². The number of halogens is 1. The number of amides is 1. The Labute approximate surface area is 103 Å². The molecule has 0 aromatic heterocycles. The van der Waals surface area contributed by atoms with Gasteiger partial charge in [-0.05, 0) is 17.7 Å². The first-order valence-electron chi connectivity index (χ1n) is 5.58. The quantitative estimate of drug-likeness (QED) is 0.729. The van der Waals surface area contributed by atoms with Crippen LogP contribution in [0.5, 0.6) is 0 Å². The number of hydrogen-bond donors (Lipinski definition) is 3. The van der Waals surface area contributed by atoms with Crippen LogP contribution in [0.4, 0.5) is 4.39 Å². The van der Waals surface area contributed by atoms with E-state index < -0.39 is 11.8 Å². The minimum atomic E-state index is -1.28. The zero-order valence-electron chi connectivity index (χ0n) is 9.57. The number of carboxylic acid groups (broad SMARTS) is 1. The molecule has 1 aromatic rings. The summed E-state index contributed by atoms with van der Waals surface area (Å²) in [5, 5.41) is 14.5. The van der Waals surface area contributed by atoms with Crippen LogP contribution < -0.4 is 10.6 Å². The largest absolute Gasteiger partial charge is 0.478 e. The van der Waals surface area contributed by atoms with E-state index in [9.17, 15) is 14.0 Å². The average molecular weight is 252 g/mol. The monoisotopic (exact) mass is 252 g/mol. The Morgan fingerprint density at radius 3 is 2.89 bits per heavy atom. The lowest BCUT2D eigenvalue weighted by atomic mass is 10.1. The lowest BCUT2D eigenvalue weighted by Crippen LogP contribution is -2.30. The van der Waals surface area contributed by atoms with Gasteiger partial charge in [-0.25, -0.2) is 9.18 Å². The first-order valence-corrected chi connectivity index (χ1v) is 5.58. The molecular weight excluding hydrogens is 239 g/mol. The molecule has 1 aliphatic heterocycles. The van der Waals surface area contributed by atoms with Crippen LogP contribution >= 0.6 is 0 Å². The molecule has 0 aliphatic carbocycles. The molecule has 1 unspecified atom stereocenters. The standard InChI is InChI=1S/C12H13FN2O3/c13-10-3-7(1-2-9(10)12(17)18)5-14-8-4-11(16)15-6-8/h1-3,8,14H,4-6H2,(H,15,16)(H,17,18). The second-order valence-electron chi connectivity index (χ2n) is 4.21. The van der Waals surface area contributed by atoms with Crippen molar-refractivity contribution in [3.8, 4) is 0 Å². The Kier molecular flexibility index (Phi) is 3.57. The molecule has 96 valence electrons. The van der Waals surface area contributed by atoms with Crippen LogP contribution in [-0.2, 0) is 11.3 Å². The summed E-state index contributed by atoms with van der Waals surface area (Å²) < 4.78 is 13.4. The van der Waals surface area contributed by atoms with Crippen LogP contribution in [0.1, 0.15) is 22.3 Å². The fourth-order valence-corrected chi connectivity index (χ4v) is 1.85. The van der Waals surface area contributed by atoms with Crippen LogP contribution in [0.25, 0.3) is 0 Å². The van der Waals surface area contributed by atoms with Crippen molar-refractivity contribution in [1.29, 1.82) is 0 Å². The predicted molar refractivity (Wildman–Crippen MR) is 61.6 cm³/mol. The smallest absolute Gasteiger partial charge is 0.338 e. The topological polar surface area (TPSA) is 78.4 Å². The van der Waals surface area contributed by atoms with E-state index in [4.69, 9.17) is 5.11 Å². The van der Waals surface area contributed by atoms with Crippen LogP contribution in [0.15, 0.2) is 18.2 Å². The molecule has 0 bridgehead atoms. The van der Waals surface area contributed by atoms with Crippen molar-refractivity contribution in [3.63, 3.8) is 0 Å². The molecular formula is C12H13FN2O3. The van der Waals surface area contributed by atoms with Crippen LogP contribution in [-0.4, -0.2) is 29.6 Å². The number of benzene rings is 1. The Bertz CT molecular complexity index is 490. The van der Waals surface area contributed by atoms with Gasteiger partial charge in [0.2, 0.25) is 5.91 Å². The number of rotatable bonds is 4. The highest BCUT2D eigenvalue weighted by Crippen LogP contribution is 2.11. The van der Waals surface area contributed by atoms with Gasteiger partial charge in [0.1, 0.15) is 5.82 Å². The van der Waals surface area contributed by atoms with E-state index in [0.717, 1.165) is 0 Å². The highest BCUT2D eigenvalue weighted by atomic mass is 19.1. The minimum absolute atomic E-state index is 0.0000873. The van der Waals surface area contributed by atoms with E-state index in [1.165, 1.54) is 12.1 Å². The second-order valence-corrected chi connectivity index (χ2v) is 4.21. The van der Waals surface area contributed by atoms with Crippen molar-refractivity contribution in [2.45, 2.75) is 19.0 Å². The van der Waals surface area contributed by atoms with Gasteiger partial charge in [0.15, 0.2) is 0 Å². The Balaban J connectivity index is 1.96. The van der Waals surface area contributed by atoms with E-state index in [1.807, 2.05) is 0 Å². The molecule has 6 heteroatoms. The zero-order valence-corrected chi connectivity index (χ0v) is 9.57. The molecule has 5 nitrogen and oxygen atoms in total. The fraction of sp³-hybridized carbons (Fsp3) is 0.333. The van der Waals surface area contributed by atoms with Gasteiger partial charge in [0.25, 0.3) is 0 Å². The molecule has 1 fully saturated rings. The van der Waals surface area contributed by atoms with Gasteiger partial charge in [0.05, 0.1) is 5.56 Å². The summed E-state index contributed by atoms with van der Waals surface area (Å²) in [5.41, 5.74) is 0.313. The maximum atomic E-state index is 13.4. The van der Waals surface area contributed by atoms with Crippen molar-refractivity contribution < 1.29 is 19.1 Å². The van der Waals surface area contributed by atoms with Gasteiger partial charge < -0.3 is 15.7 Å². The van der Waals surface area contributed by atoms with E-state index in [0.29, 0.717) is 25.1 Å². The van der Waals surface area contributed by atoms with E-state index in [1.54, 1.807) is 6.07 Å². The molecule has 0 saturated carbocycles. The van der Waals surface area contributed by atoms with E-state index in [2.05, 4.69) is 10.6 Å². The van der Waals surface area contributed by atoms with Crippen molar-refractivity contribution in [1.82, 2.24) is 10.6 Å². The molecule has 1 atom stereocenters. The highest BCUT2D eigenvalue weighted by Gasteiger charge is 2.20. The first-order chi connectivity index (χ1) is 8.56. The van der Waals surface area contributed by atoms with Crippen molar-refractivity contribution in [2.24, 2.45) is 0 Å². The molecule has 1 heterocycles. The number of carbonyl (C=O) groups excluding carboxylic acids is 1. The molecule has 1 amide bonds. The van der Waals surface area contributed by atoms with E-state index >= 15 is 0 Å². The molecule has 1 aromatic carbocycles. The third-order valence-electron chi connectivity index (χ3n) is 2.84. The number of aromatic carboxylic acids is 1. The summed E-state index contributed by atoms with van der Waals surface area (Å²) in [7, 11) is 0. The summed E-state index contributed by atoms with van der Waals surface area (Å²) in [4.78, 5) is 21.6. The third-order valence-corrected chi connectivity index (χ3v) is 2.84. The second kappa shape index (κ2) is 5.14. The normalized spacial score (nSPS) is 18.7. The van der Waals surface area contributed by atoms with Gasteiger partial charge in [-0.1, -0.05) is 6.07 Å². The van der Waals surface area contributed by atoms with Crippen LogP contribution in [0, 0.1) is 5.82 Å². The number of carbonyl (C=O) groups is 2. The summed E-state index contributed by atoms with van der Waals surface area (Å²) in [6.45, 7) is 0.963. The lowest BCUT2D eigenvalue weighted by molar-refractivity contribution is -0.119. The first kappa shape index (κ1) is 12.5. The number of nitrogens with one attached hydrogen (secondary N) is 2. The summed E-state index contributed by atoms with van der Waals surface area (Å²) >= 11 is 0. The van der Waals surface area contributed by atoms with E-state index in [-0.39, 0.29) is 17.5 Å². The molecule has 2 rings (SSSR count). The van der Waals surface area contributed by atoms with Gasteiger partial charge in [-0.3, -0.25) is 4.79 Å². The van der Waals surface area contributed by atoms with Crippen molar-refractivity contribution >= 4 is 11.9 Å². The summed E-state index contributed by atoms with van der Waals surface area (Å²) in [5.74, 6) is -2.03. The number of carboxylic acids is 1. The maximum absolute atomic E-state index is 13.4. The third kappa shape index (κ3) is 2.84. The van der Waals surface area contributed by atoms with Crippen molar-refractivity contribution in [3.05, 3.63) is 35.1 Å². The predicted octanol–water partition coefficient (Wildman–Crippen LogP) is 0.502. The number of hydrogen-bond acceptors (Lipinski definition) is 3. The SMILES string of the molecule is O=C1CC(NCc2ccc(C(=O)O)c(F)c2)CN1. The molecule has 18 heavy (non-hydrogen) atoms. The van der Waals surface area contributed by atoms with Gasteiger partial charge >= 0.3 is 5.97 Å². The van der Waals surface area contributed by atoms with Crippen LogP contribution in [0.3, 0.4) is 0 Å². The Morgan fingerprint density at radius 2 is 2.33 bits per heavy atom. The summed E-state index contributed by atoms with van der Waals surface area (Å²) in [6.07, 6.45) is 0.412. The Hall–Kier alpha value is -1.95. The van der Waals surface area contributed by atoms with Gasteiger partial charge in [-0.15, -0.1) is 0 Å². The molecule has 3 N–H and O–H groups in total. The summed E-state index contributed by atoms with van der Waals surface area (Å²) in [6, 6.07) is 4.04. The Morgan fingerprint density at radius 1 is 1.56 bits per heavy atom. The molecule has 0 spiro atoms. The molecule has 1 saturated heterocycles.